The van der Waals surface area contributed by atoms with Gasteiger partial charge < -0.3 is 4.74 Å². The lowest BCUT2D eigenvalue weighted by Crippen LogP contribution is -2.20. The fourth-order valence-corrected chi connectivity index (χ4v) is 1.62. The van der Waals surface area contributed by atoms with Gasteiger partial charge in [-0.05, 0) is 17.0 Å². The van der Waals surface area contributed by atoms with Crippen LogP contribution in [0.3, 0.4) is 0 Å². The first kappa shape index (κ1) is 12.9. The Labute approximate surface area is 93.2 Å². The molecule has 0 aromatic heterocycles. The lowest BCUT2D eigenvalue weighted by atomic mass is 9.83. The number of halogens is 3. The smallest absolute Gasteiger partial charge is 0.420 e. The number of alkyl halides is 3. The molecule has 0 fully saturated rings. The molecule has 0 aliphatic rings. The second-order valence-electron chi connectivity index (χ2n) is 4.63. The van der Waals surface area contributed by atoms with Gasteiger partial charge >= 0.3 is 6.18 Å². The van der Waals surface area contributed by atoms with Crippen LogP contribution in [0.5, 0.6) is 5.75 Å². The van der Waals surface area contributed by atoms with Gasteiger partial charge in [-0.25, -0.2) is 0 Å². The van der Waals surface area contributed by atoms with Crippen LogP contribution in [0.4, 0.5) is 13.2 Å². The van der Waals surface area contributed by atoms with Gasteiger partial charge in [-0.1, -0.05) is 32.9 Å². The van der Waals surface area contributed by atoms with E-state index in [-0.39, 0.29) is 11.3 Å². The van der Waals surface area contributed by atoms with E-state index in [1.54, 1.807) is 26.8 Å². The molecule has 0 radical (unpaired) electrons. The Hall–Kier alpha value is -1.19. The Bertz CT molecular complexity index is 375. The molecule has 0 saturated heterocycles. The molecule has 0 heterocycles. The van der Waals surface area contributed by atoms with Crippen LogP contribution in [-0.4, -0.2) is 7.11 Å². The van der Waals surface area contributed by atoms with Gasteiger partial charge in [-0.2, -0.15) is 13.2 Å². The van der Waals surface area contributed by atoms with Crippen molar-refractivity contribution in [3.8, 4) is 5.75 Å². The lowest BCUT2D eigenvalue weighted by Gasteiger charge is -2.25. The summed E-state index contributed by atoms with van der Waals surface area (Å²) >= 11 is 0. The van der Waals surface area contributed by atoms with Crippen molar-refractivity contribution in [3.63, 3.8) is 0 Å². The van der Waals surface area contributed by atoms with E-state index in [2.05, 4.69) is 0 Å². The first-order chi connectivity index (χ1) is 7.18. The summed E-state index contributed by atoms with van der Waals surface area (Å²) in [6.07, 6.45) is -4.39. The summed E-state index contributed by atoms with van der Waals surface area (Å²) in [6, 6.07) is 4.40. The molecular formula is C12H15F3O. The minimum Gasteiger partial charge on any atom is -0.496 e. The Morgan fingerprint density at radius 2 is 1.62 bits per heavy atom. The van der Waals surface area contributed by atoms with Crippen LogP contribution in [0.2, 0.25) is 0 Å². The maximum absolute atomic E-state index is 12.9. The monoisotopic (exact) mass is 232 g/mol. The van der Waals surface area contributed by atoms with Gasteiger partial charge in [0, 0.05) is 0 Å². The summed E-state index contributed by atoms with van der Waals surface area (Å²) in [5, 5.41) is 0. The van der Waals surface area contributed by atoms with Gasteiger partial charge in [0.15, 0.2) is 0 Å². The van der Waals surface area contributed by atoms with Crippen molar-refractivity contribution in [1.29, 1.82) is 0 Å². The predicted octanol–water partition coefficient (Wildman–Crippen LogP) is 4.01. The first-order valence-corrected chi connectivity index (χ1v) is 4.92. The van der Waals surface area contributed by atoms with Gasteiger partial charge in [-0.3, -0.25) is 0 Å². The SMILES string of the molecule is COc1cccc(C(C)(C)C)c1C(F)(F)F. The van der Waals surface area contributed by atoms with E-state index in [1.807, 2.05) is 0 Å². The number of hydrogen-bond acceptors (Lipinski definition) is 1. The third kappa shape index (κ3) is 2.49. The highest BCUT2D eigenvalue weighted by atomic mass is 19.4. The van der Waals surface area contributed by atoms with E-state index in [1.165, 1.54) is 19.2 Å². The summed E-state index contributed by atoms with van der Waals surface area (Å²) in [5.41, 5.74) is -0.997. The fourth-order valence-electron chi connectivity index (χ4n) is 1.62. The van der Waals surface area contributed by atoms with Crippen molar-refractivity contribution in [2.75, 3.05) is 7.11 Å². The molecule has 1 aromatic rings. The van der Waals surface area contributed by atoms with Gasteiger partial charge in [0.05, 0.1) is 7.11 Å². The van der Waals surface area contributed by atoms with E-state index in [9.17, 15) is 13.2 Å². The Balaban J connectivity index is 3.51. The van der Waals surface area contributed by atoms with Gasteiger partial charge in [-0.15, -0.1) is 0 Å². The summed E-state index contributed by atoms with van der Waals surface area (Å²) < 4.78 is 43.6. The van der Waals surface area contributed by atoms with Crippen LogP contribution in [0.1, 0.15) is 31.9 Å². The van der Waals surface area contributed by atoms with Crippen molar-refractivity contribution >= 4 is 0 Å². The Kier molecular flexibility index (Phi) is 3.22. The molecule has 0 atom stereocenters. The van der Waals surface area contributed by atoms with E-state index in [0.717, 1.165) is 0 Å². The quantitative estimate of drug-likeness (QED) is 0.710. The zero-order valence-electron chi connectivity index (χ0n) is 9.77. The fraction of sp³-hybridized carbons (Fsp3) is 0.500. The number of rotatable bonds is 1. The predicted molar refractivity (Wildman–Crippen MR) is 56.7 cm³/mol. The summed E-state index contributed by atoms with van der Waals surface area (Å²) in [4.78, 5) is 0. The zero-order valence-corrected chi connectivity index (χ0v) is 9.77. The van der Waals surface area contributed by atoms with Gasteiger partial charge in [0.25, 0.3) is 0 Å². The minimum atomic E-state index is -4.39. The molecule has 0 bridgehead atoms. The van der Waals surface area contributed by atoms with Gasteiger partial charge in [0.1, 0.15) is 11.3 Å². The van der Waals surface area contributed by atoms with Crippen LogP contribution >= 0.6 is 0 Å². The third-order valence-corrected chi connectivity index (χ3v) is 2.34. The molecule has 1 aromatic carbocycles. The molecule has 4 heteroatoms. The number of ether oxygens (including phenoxy) is 1. The molecule has 16 heavy (non-hydrogen) atoms. The number of benzene rings is 1. The third-order valence-electron chi connectivity index (χ3n) is 2.34. The summed E-state index contributed by atoms with van der Waals surface area (Å²) in [6.45, 7) is 5.24. The van der Waals surface area contributed by atoms with Gasteiger partial charge in [0.2, 0.25) is 0 Å². The van der Waals surface area contributed by atoms with E-state index in [4.69, 9.17) is 4.74 Å². The summed E-state index contributed by atoms with van der Waals surface area (Å²) in [5.74, 6) is -0.125. The second kappa shape index (κ2) is 4.00. The molecule has 0 spiro atoms. The van der Waals surface area contributed by atoms with Crippen molar-refractivity contribution in [1.82, 2.24) is 0 Å². The molecule has 0 aliphatic heterocycles. The van der Waals surface area contributed by atoms with Crippen LogP contribution in [0, 0.1) is 0 Å². The zero-order chi connectivity index (χ0) is 12.6. The molecule has 90 valence electrons. The topological polar surface area (TPSA) is 9.23 Å². The lowest BCUT2D eigenvalue weighted by molar-refractivity contribution is -0.139. The van der Waals surface area contributed by atoms with Crippen molar-refractivity contribution in [2.45, 2.75) is 32.4 Å². The maximum Gasteiger partial charge on any atom is 0.420 e. The van der Waals surface area contributed by atoms with E-state index >= 15 is 0 Å². The Morgan fingerprint density at radius 3 is 2.00 bits per heavy atom. The van der Waals surface area contributed by atoms with E-state index in [0.29, 0.717) is 0 Å². The van der Waals surface area contributed by atoms with Crippen molar-refractivity contribution in [3.05, 3.63) is 29.3 Å². The largest absolute Gasteiger partial charge is 0.496 e. The second-order valence-corrected chi connectivity index (χ2v) is 4.63. The highest BCUT2D eigenvalue weighted by Crippen LogP contribution is 2.42. The number of hydrogen-bond donors (Lipinski definition) is 0. The standard InChI is InChI=1S/C12H15F3O/c1-11(2,3)8-6-5-7-9(16-4)10(8)12(13,14)15/h5-7H,1-4H3. The van der Waals surface area contributed by atoms with Crippen molar-refractivity contribution < 1.29 is 17.9 Å². The normalized spacial score (nSPS) is 12.7. The first-order valence-electron chi connectivity index (χ1n) is 4.92. The molecule has 0 saturated carbocycles. The summed E-state index contributed by atoms with van der Waals surface area (Å²) in [7, 11) is 1.25. The average Bonchev–Trinajstić information content (AvgIpc) is 2.13. The molecule has 1 nitrogen and oxygen atoms in total. The van der Waals surface area contributed by atoms with Crippen LogP contribution in [-0.2, 0) is 11.6 Å². The van der Waals surface area contributed by atoms with Crippen molar-refractivity contribution in [2.24, 2.45) is 0 Å². The Morgan fingerprint density at radius 1 is 1.06 bits per heavy atom. The molecule has 0 N–H and O–H groups in total. The van der Waals surface area contributed by atoms with E-state index < -0.39 is 17.2 Å². The molecule has 0 amide bonds. The maximum atomic E-state index is 12.9. The molecular weight excluding hydrogens is 217 g/mol. The van der Waals surface area contributed by atoms with Crippen LogP contribution < -0.4 is 4.74 Å². The molecule has 0 unspecified atom stereocenters. The minimum absolute atomic E-state index is 0.125. The molecule has 0 aliphatic carbocycles. The highest BCUT2D eigenvalue weighted by Gasteiger charge is 2.39. The molecule has 1 rings (SSSR count). The highest BCUT2D eigenvalue weighted by molar-refractivity contribution is 5.45. The van der Waals surface area contributed by atoms with Crippen LogP contribution in [0.15, 0.2) is 18.2 Å². The average molecular weight is 232 g/mol. The van der Waals surface area contributed by atoms with Crippen LogP contribution in [0.25, 0.3) is 0 Å². The number of methoxy groups -OCH3 is 1.